The van der Waals surface area contributed by atoms with E-state index in [0.717, 1.165) is 29.6 Å². The van der Waals surface area contributed by atoms with Gasteiger partial charge in [-0.3, -0.25) is 0 Å². The van der Waals surface area contributed by atoms with Gasteiger partial charge >= 0.3 is 0 Å². The average Bonchev–Trinajstić information content (AvgIpc) is 3.31. The molecule has 2 aromatic heterocycles. The first-order valence-electron chi connectivity index (χ1n) is 9.93. The van der Waals surface area contributed by atoms with Crippen LogP contribution < -0.4 is 5.73 Å². The fourth-order valence-corrected chi connectivity index (χ4v) is 3.46. The van der Waals surface area contributed by atoms with Gasteiger partial charge in [0.05, 0.1) is 12.1 Å². The lowest BCUT2D eigenvalue weighted by Crippen LogP contribution is -2.20. The Morgan fingerprint density at radius 1 is 1.22 bits per heavy atom. The predicted molar refractivity (Wildman–Crippen MR) is 109 cm³/mol. The molecule has 0 aliphatic carbocycles. The SMILES string of the molecule is CC=O.COCCc1nc(N)c2[nH]cc(CCCCCN3CCCC3)c2n1. The van der Waals surface area contributed by atoms with Crippen molar-refractivity contribution in [1.82, 2.24) is 19.9 Å². The fourth-order valence-electron chi connectivity index (χ4n) is 3.46. The number of ether oxygens (including phenoxy) is 1. The number of nitrogens with one attached hydrogen (secondary N) is 1. The summed E-state index contributed by atoms with van der Waals surface area (Å²) in [5.41, 5.74) is 9.15. The smallest absolute Gasteiger partial charge is 0.151 e. The molecule has 27 heavy (non-hydrogen) atoms. The van der Waals surface area contributed by atoms with Gasteiger partial charge in [0.2, 0.25) is 0 Å². The number of carbonyl (C=O) groups is 1. The molecule has 0 unspecified atom stereocenters. The molecule has 1 saturated heterocycles. The Morgan fingerprint density at radius 2 is 1.96 bits per heavy atom. The molecule has 7 nitrogen and oxygen atoms in total. The van der Waals surface area contributed by atoms with E-state index in [4.69, 9.17) is 15.3 Å². The number of aromatic amines is 1. The van der Waals surface area contributed by atoms with Crippen LogP contribution in [-0.4, -0.2) is 59.5 Å². The minimum Gasteiger partial charge on any atom is -0.384 e. The monoisotopic (exact) mass is 375 g/mol. The quantitative estimate of drug-likeness (QED) is 0.517. The maximum atomic E-state index is 8.81. The fraction of sp³-hybridized carbons (Fsp3) is 0.650. The van der Waals surface area contributed by atoms with Crippen LogP contribution in [0.1, 0.15) is 50.4 Å². The summed E-state index contributed by atoms with van der Waals surface area (Å²) in [5.74, 6) is 1.29. The minimum atomic E-state index is 0.534. The number of hydrogen-bond acceptors (Lipinski definition) is 6. The van der Waals surface area contributed by atoms with Crippen LogP contribution >= 0.6 is 0 Å². The molecule has 0 spiro atoms. The van der Waals surface area contributed by atoms with Crippen LogP contribution in [0.3, 0.4) is 0 Å². The predicted octanol–water partition coefficient (Wildman–Crippen LogP) is 2.74. The van der Waals surface area contributed by atoms with Crippen molar-refractivity contribution in [1.29, 1.82) is 0 Å². The number of methoxy groups -OCH3 is 1. The van der Waals surface area contributed by atoms with Gasteiger partial charge in [0.1, 0.15) is 17.6 Å². The van der Waals surface area contributed by atoms with Crippen LogP contribution in [0.5, 0.6) is 0 Å². The Hall–Kier alpha value is -1.99. The summed E-state index contributed by atoms with van der Waals surface area (Å²) in [6.45, 7) is 5.90. The van der Waals surface area contributed by atoms with Gasteiger partial charge in [0.25, 0.3) is 0 Å². The number of hydrogen-bond donors (Lipinski definition) is 2. The zero-order chi connectivity index (χ0) is 19.5. The molecule has 3 heterocycles. The summed E-state index contributed by atoms with van der Waals surface area (Å²) in [6, 6.07) is 0. The molecule has 0 amide bonds. The van der Waals surface area contributed by atoms with E-state index in [1.165, 1.54) is 64.2 Å². The highest BCUT2D eigenvalue weighted by molar-refractivity contribution is 5.87. The molecule has 0 bridgehead atoms. The number of H-pyrrole nitrogens is 1. The van der Waals surface area contributed by atoms with Crippen LogP contribution in [0, 0.1) is 0 Å². The first-order valence-corrected chi connectivity index (χ1v) is 9.93. The lowest BCUT2D eigenvalue weighted by molar-refractivity contribution is -0.106. The van der Waals surface area contributed by atoms with Crippen molar-refractivity contribution in [2.45, 2.75) is 51.9 Å². The number of unbranched alkanes of at least 4 members (excludes halogenated alkanes) is 2. The molecule has 0 atom stereocenters. The number of rotatable bonds is 9. The Kier molecular flexibility index (Phi) is 9.21. The molecule has 150 valence electrons. The van der Waals surface area contributed by atoms with Crippen molar-refractivity contribution in [3.63, 3.8) is 0 Å². The van der Waals surface area contributed by atoms with Gasteiger partial charge in [-0.1, -0.05) is 6.42 Å². The lowest BCUT2D eigenvalue weighted by atomic mass is 10.1. The van der Waals surface area contributed by atoms with Crippen molar-refractivity contribution < 1.29 is 9.53 Å². The maximum absolute atomic E-state index is 8.81. The van der Waals surface area contributed by atoms with Crippen molar-refractivity contribution in [3.8, 4) is 0 Å². The maximum Gasteiger partial charge on any atom is 0.151 e. The second kappa shape index (κ2) is 11.7. The third kappa shape index (κ3) is 6.59. The van der Waals surface area contributed by atoms with Crippen molar-refractivity contribution in [2.75, 3.05) is 39.1 Å². The molecule has 0 radical (unpaired) electrons. The Balaban J connectivity index is 0.000000817. The molecule has 7 heteroatoms. The number of aldehydes is 1. The summed E-state index contributed by atoms with van der Waals surface area (Å²) in [7, 11) is 1.69. The Bertz CT molecular complexity index is 695. The second-order valence-corrected chi connectivity index (χ2v) is 6.90. The number of aromatic nitrogens is 3. The lowest BCUT2D eigenvalue weighted by Gasteiger charge is -2.13. The van der Waals surface area contributed by atoms with Gasteiger partial charge < -0.3 is 25.1 Å². The number of carbonyl (C=O) groups excluding carboxylic acids is 1. The number of fused-ring (bicyclic) bond motifs is 1. The van der Waals surface area contributed by atoms with Crippen LogP contribution in [-0.2, 0) is 22.4 Å². The van der Waals surface area contributed by atoms with E-state index in [0.29, 0.717) is 18.8 Å². The zero-order valence-electron chi connectivity index (χ0n) is 16.7. The molecule has 1 aliphatic heterocycles. The van der Waals surface area contributed by atoms with Gasteiger partial charge in [-0.15, -0.1) is 0 Å². The van der Waals surface area contributed by atoms with E-state index in [1.54, 1.807) is 7.11 Å². The summed E-state index contributed by atoms with van der Waals surface area (Å²) in [6.07, 6.45) is 11.0. The van der Waals surface area contributed by atoms with Crippen LogP contribution in [0.4, 0.5) is 5.82 Å². The Labute approximate surface area is 161 Å². The van der Waals surface area contributed by atoms with E-state index in [9.17, 15) is 0 Å². The summed E-state index contributed by atoms with van der Waals surface area (Å²) < 4.78 is 5.11. The summed E-state index contributed by atoms with van der Waals surface area (Å²) in [5, 5.41) is 0. The normalized spacial score (nSPS) is 14.3. The number of nitrogens with two attached hydrogens (primary N) is 1. The second-order valence-electron chi connectivity index (χ2n) is 6.90. The van der Waals surface area contributed by atoms with E-state index in [2.05, 4.69) is 19.9 Å². The van der Waals surface area contributed by atoms with Gasteiger partial charge in [0, 0.05) is 19.7 Å². The molecule has 0 saturated carbocycles. The third-order valence-corrected chi connectivity index (χ3v) is 4.83. The zero-order valence-corrected chi connectivity index (χ0v) is 16.7. The van der Waals surface area contributed by atoms with E-state index in [-0.39, 0.29) is 0 Å². The van der Waals surface area contributed by atoms with E-state index in [1.807, 2.05) is 6.20 Å². The van der Waals surface area contributed by atoms with Crippen molar-refractivity contribution in [2.24, 2.45) is 0 Å². The number of anilines is 1. The van der Waals surface area contributed by atoms with Gasteiger partial charge in [-0.25, -0.2) is 9.97 Å². The molecular weight excluding hydrogens is 342 g/mol. The molecule has 1 fully saturated rings. The molecule has 2 aromatic rings. The largest absolute Gasteiger partial charge is 0.384 e. The summed E-state index contributed by atoms with van der Waals surface area (Å²) in [4.78, 5) is 23.7. The highest BCUT2D eigenvalue weighted by Gasteiger charge is 2.12. The highest BCUT2D eigenvalue weighted by Crippen LogP contribution is 2.22. The number of aryl methyl sites for hydroxylation is 1. The van der Waals surface area contributed by atoms with E-state index < -0.39 is 0 Å². The van der Waals surface area contributed by atoms with Gasteiger partial charge in [-0.2, -0.15) is 0 Å². The minimum absolute atomic E-state index is 0.534. The number of nitrogen functional groups attached to an aromatic ring is 1. The Morgan fingerprint density at radius 3 is 2.67 bits per heavy atom. The van der Waals surface area contributed by atoms with E-state index >= 15 is 0 Å². The average molecular weight is 376 g/mol. The molecule has 1 aliphatic rings. The van der Waals surface area contributed by atoms with Gasteiger partial charge in [-0.05, 0) is 64.2 Å². The summed E-state index contributed by atoms with van der Waals surface area (Å²) >= 11 is 0. The number of nitrogens with zero attached hydrogens (tertiary/aromatic N) is 3. The molecule has 3 rings (SSSR count). The van der Waals surface area contributed by atoms with Crippen molar-refractivity contribution in [3.05, 3.63) is 17.6 Å². The first kappa shape index (κ1) is 21.3. The highest BCUT2D eigenvalue weighted by atomic mass is 16.5. The third-order valence-electron chi connectivity index (χ3n) is 4.83. The topological polar surface area (TPSA) is 97.1 Å². The van der Waals surface area contributed by atoms with Crippen LogP contribution in [0.15, 0.2) is 6.20 Å². The van der Waals surface area contributed by atoms with Crippen molar-refractivity contribution >= 4 is 23.1 Å². The van der Waals surface area contributed by atoms with Crippen LogP contribution in [0.2, 0.25) is 0 Å². The molecule has 3 N–H and O–H groups in total. The standard InChI is InChI=1S/C18H29N5O.C2H4O/c1-24-12-8-15-21-16-14(13-20-17(16)18(19)22-15)7-3-2-4-9-23-10-5-6-11-23;1-2-3/h13,20H,2-12H2,1H3,(H2,19,21,22);2H,1H3. The van der Waals surface area contributed by atoms with Crippen LogP contribution in [0.25, 0.3) is 11.0 Å². The first-order chi connectivity index (χ1) is 13.2. The molecule has 0 aromatic carbocycles. The molecular formula is C20H33N5O2. The van der Waals surface area contributed by atoms with Gasteiger partial charge in [0.15, 0.2) is 5.82 Å². The number of likely N-dealkylation sites (tertiary alicyclic amines) is 1.